The average Bonchev–Trinajstić information content (AvgIpc) is 2.90. The molecule has 17 heavy (non-hydrogen) atoms. The van der Waals surface area contributed by atoms with Gasteiger partial charge in [0.2, 0.25) is 0 Å². The number of hydrogen-bond donors (Lipinski definition) is 2. The molecule has 3 rings (SSSR count). The standard InChI is InChI=1S/C13H20O3S/c14-11(15)12(3-5-17-6-4-12)13(16)8-9-1-2-10(13)7-9/h9-10,16H,1-8H2,(H,14,15). The molecule has 0 aromatic heterocycles. The highest BCUT2D eigenvalue weighted by Gasteiger charge is 2.64. The van der Waals surface area contributed by atoms with Gasteiger partial charge in [-0.2, -0.15) is 11.8 Å². The Kier molecular flexibility index (Phi) is 2.71. The number of hydrogen-bond acceptors (Lipinski definition) is 3. The van der Waals surface area contributed by atoms with Gasteiger partial charge in [0.05, 0.1) is 11.0 Å². The van der Waals surface area contributed by atoms with Crippen LogP contribution < -0.4 is 0 Å². The maximum Gasteiger partial charge on any atom is 0.312 e. The number of aliphatic hydroxyl groups is 1. The lowest BCUT2D eigenvalue weighted by Crippen LogP contribution is -2.57. The topological polar surface area (TPSA) is 57.5 Å². The van der Waals surface area contributed by atoms with Gasteiger partial charge in [0.15, 0.2) is 0 Å². The minimum absolute atomic E-state index is 0.242. The summed E-state index contributed by atoms with van der Waals surface area (Å²) in [5, 5.41) is 20.7. The van der Waals surface area contributed by atoms with Gasteiger partial charge in [-0.1, -0.05) is 0 Å². The van der Waals surface area contributed by atoms with Crippen LogP contribution in [0.2, 0.25) is 0 Å². The molecule has 0 spiro atoms. The van der Waals surface area contributed by atoms with Crippen LogP contribution in [0.3, 0.4) is 0 Å². The Bertz CT molecular complexity index is 338. The van der Waals surface area contributed by atoms with Crippen molar-refractivity contribution in [3.8, 4) is 0 Å². The van der Waals surface area contributed by atoms with Crippen LogP contribution in [0.25, 0.3) is 0 Å². The molecule has 0 radical (unpaired) electrons. The Morgan fingerprint density at radius 2 is 1.94 bits per heavy atom. The number of carbonyl (C=O) groups is 1. The maximum absolute atomic E-state index is 11.8. The van der Waals surface area contributed by atoms with Crippen molar-refractivity contribution in [1.82, 2.24) is 0 Å². The molecular formula is C13H20O3S. The van der Waals surface area contributed by atoms with E-state index in [2.05, 4.69) is 0 Å². The van der Waals surface area contributed by atoms with Crippen LogP contribution in [0.4, 0.5) is 0 Å². The van der Waals surface area contributed by atoms with Crippen LogP contribution in [-0.4, -0.2) is 33.3 Å². The van der Waals surface area contributed by atoms with Crippen molar-refractivity contribution < 1.29 is 15.0 Å². The molecule has 2 saturated carbocycles. The zero-order valence-corrected chi connectivity index (χ0v) is 10.8. The molecular weight excluding hydrogens is 236 g/mol. The molecule has 3 atom stereocenters. The fourth-order valence-electron chi connectivity index (χ4n) is 4.44. The molecule has 3 aliphatic rings. The number of carboxylic acids is 1. The third kappa shape index (κ3) is 1.49. The van der Waals surface area contributed by atoms with Crippen molar-refractivity contribution in [2.75, 3.05) is 11.5 Å². The summed E-state index contributed by atoms with van der Waals surface area (Å²) in [6.45, 7) is 0. The third-order valence-electron chi connectivity index (χ3n) is 5.40. The Balaban J connectivity index is 1.96. The predicted octanol–water partition coefficient (Wildman–Crippen LogP) is 2.14. The Hall–Kier alpha value is -0.220. The summed E-state index contributed by atoms with van der Waals surface area (Å²) in [5.41, 5.74) is -1.76. The largest absolute Gasteiger partial charge is 0.481 e. The predicted molar refractivity (Wildman–Crippen MR) is 67.0 cm³/mol. The molecule has 2 bridgehead atoms. The second kappa shape index (κ2) is 3.89. The first-order chi connectivity index (χ1) is 8.08. The van der Waals surface area contributed by atoms with Gasteiger partial charge >= 0.3 is 5.97 Å². The lowest BCUT2D eigenvalue weighted by molar-refractivity contribution is -0.180. The monoisotopic (exact) mass is 256 g/mol. The van der Waals surface area contributed by atoms with Gasteiger partial charge in [-0.25, -0.2) is 0 Å². The van der Waals surface area contributed by atoms with Gasteiger partial charge in [0.1, 0.15) is 0 Å². The summed E-state index contributed by atoms with van der Waals surface area (Å²) < 4.78 is 0. The van der Waals surface area contributed by atoms with Crippen molar-refractivity contribution in [2.45, 2.75) is 44.1 Å². The van der Waals surface area contributed by atoms with E-state index in [4.69, 9.17) is 0 Å². The lowest BCUT2D eigenvalue weighted by atomic mass is 9.61. The van der Waals surface area contributed by atoms with Crippen LogP contribution in [0, 0.1) is 17.3 Å². The molecule has 4 heteroatoms. The second-order valence-corrected chi connectivity index (χ2v) is 7.23. The Labute approximate surface area is 106 Å². The minimum Gasteiger partial charge on any atom is -0.481 e. The summed E-state index contributed by atoms with van der Waals surface area (Å²) in [6, 6.07) is 0. The number of fused-ring (bicyclic) bond motifs is 2. The molecule has 1 heterocycles. The first kappa shape index (κ1) is 11.8. The summed E-state index contributed by atoms with van der Waals surface area (Å²) >= 11 is 1.82. The summed E-state index contributed by atoms with van der Waals surface area (Å²) in [7, 11) is 0. The lowest BCUT2D eigenvalue weighted by Gasteiger charge is -2.48. The SMILES string of the molecule is O=C(O)C1(C2(O)CC3CCC2C3)CCSCC1. The molecule has 3 fully saturated rings. The minimum atomic E-state index is -0.914. The number of carboxylic acid groups (broad SMARTS) is 1. The van der Waals surface area contributed by atoms with E-state index in [1.54, 1.807) is 0 Å². The molecule has 0 aromatic carbocycles. The number of thioether (sulfide) groups is 1. The second-order valence-electron chi connectivity index (χ2n) is 6.00. The Morgan fingerprint density at radius 1 is 1.24 bits per heavy atom. The van der Waals surface area contributed by atoms with Crippen molar-refractivity contribution in [2.24, 2.45) is 17.3 Å². The van der Waals surface area contributed by atoms with Gasteiger partial charge < -0.3 is 10.2 Å². The number of rotatable bonds is 2. The summed E-state index contributed by atoms with van der Waals surface area (Å²) in [5.74, 6) is 1.83. The molecule has 3 nitrogen and oxygen atoms in total. The third-order valence-corrected chi connectivity index (χ3v) is 6.39. The summed E-state index contributed by atoms with van der Waals surface area (Å²) in [6.07, 6.45) is 5.30. The highest BCUT2D eigenvalue weighted by Crippen LogP contribution is 2.60. The average molecular weight is 256 g/mol. The van der Waals surface area contributed by atoms with Crippen molar-refractivity contribution in [1.29, 1.82) is 0 Å². The molecule has 0 aromatic rings. The van der Waals surface area contributed by atoms with Crippen LogP contribution in [0.5, 0.6) is 0 Å². The molecule has 96 valence electrons. The van der Waals surface area contributed by atoms with Gasteiger partial charge in [0, 0.05) is 0 Å². The molecule has 1 saturated heterocycles. The first-order valence-electron chi connectivity index (χ1n) is 6.62. The van der Waals surface area contributed by atoms with E-state index >= 15 is 0 Å². The van der Waals surface area contributed by atoms with Gasteiger partial charge in [-0.05, 0) is 61.9 Å². The van der Waals surface area contributed by atoms with E-state index in [0.29, 0.717) is 18.8 Å². The first-order valence-corrected chi connectivity index (χ1v) is 7.77. The molecule has 3 unspecified atom stereocenters. The van der Waals surface area contributed by atoms with E-state index in [9.17, 15) is 15.0 Å². The van der Waals surface area contributed by atoms with E-state index < -0.39 is 17.0 Å². The molecule has 1 aliphatic heterocycles. The molecule has 2 N–H and O–H groups in total. The Morgan fingerprint density at radius 3 is 2.41 bits per heavy atom. The van der Waals surface area contributed by atoms with Crippen LogP contribution >= 0.6 is 11.8 Å². The van der Waals surface area contributed by atoms with E-state index in [-0.39, 0.29) is 5.92 Å². The van der Waals surface area contributed by atoms with E-state index in [1.165, 1.54) is 6.42 Å². The maximum atomic E-state index is 11.8. The zero-order chi connectivity index (χ0) is 12.1. The van der Waals surface area contributed by atoms with Gasteiger partial charge in [-0.3, -0.25) is 4.79 Å². The quantitative estimate of drug-likeness (QED) is 0.794. The smallest absolute Gasteiger partial charge is 0.312 e. The van der Waals surface area contributed by atoms with E-state index in [0.717, 1.165) is 30.8 Å². The highest BCUT2D eigenvalue weighted by atomic mass is 32.2. The van der Waals surface area contributed by atoms with Crippen LogP contribution in [0.15, 0.2) is 0 Å². The fraction of sp³-hybridized carbons (Fsp3) is 0.923. The van der Waals surface area contributed by atoms with Crippen molar-refractivity contribution in [3.63, 3.8) is 0 Å². The van der Waals surface area contributed by atoms with Crippen LogP contribution in [-0.2, 0) is 4.79 Å². The van der Waals surface area contributed by atoms with Crippen LogP contribution in [0.1, 0.15) is 38.5 Å². The van der Waals surface area contributed by atoms with Crippen molar-refractivity contribution in [3.05, 3.63) is 0 Å². The fourth-order valence-corrected chi connectivity index (χ4v) is 5.63. The van der Waals surface area contributed by atoms with Gasteiger partial charge in [0.25, 0.3) is 0 Å². The van der Waals surface area contributed by atoms with Gasteiger partial charge in [-0.15, -0.1) is 0 Å². The van der Waals surface area contributed by atoms with E-state index in [1.807, 2.05) is 11.8 Å². The normalized spacial score (nSPS) is 43.8. The zero-order valence-electron chi connectivity index (χ0n) is 10.0. The number of aliphatic carboxylic acids is 1. The summed E-state index contributed by atoms with van der Waals surface area (Å²) in [4.78, 5) is 11.8. The highest BCUT2D eigenvalue weighted by molar-refractivity contribution is 7.99. The van der Waals surface area contributed by atoms with Crippen molar-refractivity contribution >= 4 is 17.7 Å². The molecule has 2 aliphatic carbocycles. The molecule has 0 amide bonds.